The zero-order valence-corrected chi connectivity index (χ0v) is 17.6. The van der Waals surface area contributed by atoms with Crippen molar-refractivity contribution in [2.75, 3.05) is 0 Å². The Morgan fingerprint density at radius 1 is 0.903 bits per heavy atom. The number of alkyl halides is 6. The van der Waals surface area contributed by atoms with Gasteiger partial charge in [-0.3, -0.25) is 0 Å². The molecule has 8 heteroatoms. The zero-order chi connectivity index (χ0) is 22.8. The Balaban J connectivity index is 1.86. The van der Waals surface area contributed by atoms with Crippen LogP contribution in [0.5, 0.6) is 5.75 Å². The molecular weight excluding hydrogens is 438 g/mol. The number of thiophene rings is 1. The summed E-state index contributed by atoms with van der Waals surface area (Å²) in [6.07, 6.45) is -10.6. The van der Waals surface area contributed by atoms with Gasteiger partial charge in [0.25, 0.3) is 0 Å². The van der Waals surface area contributed by atoms with Gasteiger partial charge in [0.1, 0.15) is 11.9 Å². The summed E-state index contributed by atoms with van der Waals surface area (Å²) in [6.45, 7) is 3.59. The van der Waals surface area contributed by atoms with Gasteiger partial charge in [-0.15, -0.1) is 11.3 Å². The Morgan fingerprint density at radius 3 is 2.00 bits per heavy atom. The van der Waals surface area contributed by atoms with Gasteiger partial charge in [-0.2, -0.15) is 26.3 Å². The summed E-state index contributed by atoms with van der Waals surface area (Å²) in [5.41, 5.74) is 2.19. The SMILES string of the molecule is Cc1cc(OC(CCC(F)(F)F)c2cccs2)cc(C)c1-c1ccc(C(F)(F)F)cc1. The van der Waals surface area contributed by atoms with Crippen molar-refractivity contribution in [1.82, 2.24) is 0 Å². The lowest BCUT2D eigenvalue weighted by Crippen LogP contribution is -2.13. The molecule has 3 aromatic rings. The van der Waals surface area contributed by atoms with E-state index in [4.69, 9.17) is 4.74 Å². The van der Waals surface area contributed by atoms with Crippen LogP contribution in [0, 0.1) is 13.8 Å². The van der Waals surface area contributed by atoms with E-state index in [9.17, 15) is 26.3 Å². The largest absolute Gasteiger partial charge is 0.485 e. The summed E-state index contributed by atoms with van der Waals surface area (Å²) < 4.78 is 82.6. The molecular formula is C23H20F6OS. The van der Waals surface area contributed by atoms with Crippen LogP contribution in [0.2, 0.25) is 0 Å². The minimum atomic E-state index is -4.41. The monoisotopic (exact) mass is 458 g/mol. The zero-order valence-electron chi connectivity index (χ0n) is 16.8. The van der Waals surface area contributed by atoms with E-state index in [-0.39, 0.29) is 6.42 Å². The van der Waals surface area contributed by atoms with Crippen LogP contribution < -0.4 is 4.74 Å². The van der Waals surface area contributed by atoms with Gasteiger partial charge in [-0.25, -0.2) is 0 Å². The molecule has 0 bridgehead atoms. The Kier molecular flexibility index (Phi) is 6.69. The van der Waals surface area contributed by atoms with Crippen LogP contribution in [0.4, 0.5) is 26.3 Å². The third-order valence-corrected chi connectivity index (χ3v) is 5.80. The van der Waals surface area contributed by atoms with E-state index >= 15 is 0 Å². The molecule has 1 atom stereocenters. The third-order valence-electron chi connectivity index (χ3n) is 4.84. The molecule has 166 valence electrons. The molecule has 0 aliphatic carbocycles. The van der Waals surface area contributed by atoms with Crippen LogP contribution in [0.3, 0.4) is 0 Å². The molecule has 0 aliphatic rings. The number of hydrogen-bond donors (Lipinski definition) is 0. The summed E-state index contributed by atoms with van der Waals surface area (Å²) >= 11 is 1.33. The minimum absolute atomic E-state index is 0.206. The molecule has 1 unspecified atom stereocenters. The second-order valence-electron chi connectivity index (χ2n) is 7.28. The van der Waals surface area contributed by atoms with Crippen LogP contribution in [-0.2, 0) is 6.18 Å². The Morgan fingerprint density at radius 2 is 1.52 bits per heavy atom. The highest BCUT2D eigenvalue weighted by Crippen LogP contribution is 2.37. The van der Waals surface area contributed by atoms with E-state index in [1.807, 2.05) is 0 Å². The van der Waals surface area contributed by atoms with Gasteiger partial charge in [0.2, 0.25) is 0 Å². The quantitative estimate of drug-likeness (QED) is 0.337. The average molecular weight is 458 g/mol. The fourth-order valence-corrected chi connectivity index (χ4v) is 4.25. The van der Waals surface area contributed by atoms with Gasteiger partial charge in [0.05, 0.1) is 5.56 Å². The Labute approximate surface area is 180 Å². The third kappa shape index (κ3) is 6.03. The summed E-state index contributed by atoms with van der Waals surface area (Å²) in [4.78, 5) is 0.700. The fourth-order valence-electron chi connectivity index (χ4n) is 3.47. The van der Waals surface area contributed by atoms with Crippen LogP contribution in [0.25, 0.3) is 11.1 Å². The molecule has 0 radical (unpaired) electrons. The summed E-state index contributed by atoms with van der Waals surface area (Å²) in [5.74, 6) is 0.422. The predicted octanol–water partition coefficient (Wildman–Crippen LogP) is 8.51. The maximum atomic E-state index is 12.8. The molecule has 0 N–H and O–H groups in total. The molecule has 0 amide bonds. The summed E-state index contributed by atoms with van der Waals surface area (Å²) in [7, 11) is 0. The first-order valence-electron chi connectivity index (χ1n) is 9.50. The lowest BCUT2D eigenvalue weighted by Gasteiger charge is -2.21. The lowest BCUT2D eigenvalue weighted by molar-refractivity contribution is -0.139. The highest BCUT2D eigenvalue weighted by Gasteiger charge is 2.31. The van der Waals surface area contributed by atoms with Crippen molar-refractivity contribution < 1.29 is 31.1 Å². The fraction of sp³-hybridized carbons (Fsp3) is 0.304. The molecule has 1 aromatic heterocycles. The molecule has 0 aliphatic heterocycles. The maximum absolute atomic E-state index is 12.8. The van der Waals surface area contributed by atoms with Gasteiger partial charge in [-0.05, 0) is 78.2 Å². The molecule has 3 rings (SSSR count). The number of hydrogen-bond acceptors (Lipinski definition) is 2. The van der Waals surface area contributed by atoms with E-state index in [2.05, 4.69) is 0 Å². The predicted molar refractivity (Wildman–Crippen MR) is 109 cm³/mol. The van der Waals surface area contributed by atoms with Crippen molar-refractivity contribution in [2.45, 2.75) is 45.1 Å². The molecule has 0 saturated heterocycles. The number of aryl methyl sites for hydroxylation is 2. The van der Waals surface area contributed by atoms with Crippen molar-refractivity contribution in [3.63, 3.8) is 0 Å². The van der Waals surface area contributed by atoms with Gasteiger partial charge in [0, 0.05) is 11.3 Å². The van der Waals surface area contributed by atoms with Crippen molar-refractivity contribution in [1.29, 1.82) is 0 Å². The average Bonchev–Trinajstić information content (AvgIpc) is 3.18. The van der Waals surface area contributed by atoms with Gasteiger partial charge in [0.15, 0.2) is 0 Å². The highest BCUT2D eigenvalue weighted by molar-refractivity contribution is 7.10. The van der Waals surface area contributed by atoms with Crippen molar-refractivity contribution >= 4 is 11.3 Å². The first kappa shape index (κ1) is 23.2. The molecule has 31 heavy (non-hydrogen) atoms. The number of rotatable bonds is 6. The van der Waals surface area contributed by atoms with E-state index < -0.39 is 30.4 Å². The van der Waals surface area contributed by atoms with Crippen LogP contribution in [0.15, 0.2) is 53.9 Å². The molecule has 1 heterocycles. The second-order valence-corrected chi connectivity index (χ2v) is 8.26. The van der Waals surface area contributed by atoms with Gasteiger partial charge >= 0.3 is 12.4 Å². The van der Waals surface area contributed by atoms with E-state index in [1.54, 1.807) is 43.5 Å². The first-order valence-corrected chi connectivity index (χ1v) is 10.4. The van der Waals surface area contributed by atoms with E-state index in [1.165, 1.54) is 23.5 Å². The molecule has 1 nitrogen and oxygen atoms in total. The van der Waals surface area contributed by atoms with E-state index in [0.717, 1.165) is 28.8 Å². The first-order chi connectivity index (χ1) is 14.4. The highest BCUT2D eigenvalue weighted by atomic mass is 32.1. The molecule has 2 aromatic carbocycles. The lowest BCUT2D eigenvalue weighted by atomic mass is 9.94. The molecule has 0 saturated carbocycles. The maximum Gasteiger partial charge on any atom is 0.416 e. The second kappa shape index (κ2) is 8.94. The molecule has 0 spiro atoms. The Hall–Kier alpha value is -2.48. The smallest absolute Gasteiger partial charge is 0.416 e. The van der Waals surface area contributed by atoms with Crippen LogP contribution in [-0.4, -0.2) is 6.18 Å². The standard InChI is InChI=1S/C23H20F6OS/c1-14-12-18(30-19(9-10-22(24,25)26)20-4-3-11-31-20)13-15(2)21(14)16-5-7-17(8-6-16)23(27,28)29/h3-8,11-13,19H,9-10H2,1-2H3. The van der Waals surface area contributed by atoms with Crippen LogP contribution >= 0.6 is 11.3 Å². The van der Waals surface area contributed by atoms with Crippen molar-refractivity contribution in [3.05, 3.63) is 75.5 Å². The summed E-state index contributed by atoms with van der Waals surface area (Å²) in [5, 5.41) is 1.78. The van der Waals surface area contributed by atoms with Crippen LogP contribution in [0.1, 0.15) is 40.5 Å². The molecule has 0 fully saturated rings. The Bertz CT molecular complexity index is 981. The number of halogens is 6. The topological polar surface area (TPSA) is 9.23 Å². The van der Waals surface area contributed by atoms with E-state index in [0.29, 0.717) is 16.2 Å². The van der Waals surface area contributed by atoms with Gasteiger partial charge < -0.3 is 4.74 Å². The minimum Gasteiger partial charge on any atom is -0.485 e. The van der Waals surface area contributed by atoms with Crippen molar-refractivity contribution in [2.24, 2.45) is 0 Å². The number of ether oxygens (including phenoxy) is 1. The van der Waals surface area contributed by atoms with Gasteiger partial charge in [-0.1, -0.05) is 18.2 Å². The number of benzene rings is 2. The summed E-state index contributed by atoms with van der Waals surface area (Å²) in [6, 6.07) is 11.8. The van der Waals surface area contributed by atoms with Crippen molar-refractivity contribution in [3.8, 4) is 16.9 Å². The normalized spacial score (nSPS) is 13.3.